The third-order valence-corrected chi connectivity index (χ3v) is 4.23. The summed E-state index contributed by atoms with van der Waals surface area (Å²) in [5, 5.41) is 0. The van der Waals surface area contributed by atoms with Gasteiger partial charge in [-0.1, -0.05) is 6.08 Å². The van der Waals surface area contributed by atoms with Crippen LogP contribution in [0.2, 0.25) is 19.6 Å². The van der Waals surface area contributed by atoms with Crippen LogP contribution < -0.4 is 0 Å². The Morgan fingerprint density at radius 3 is 2.38 bits per heavy atom. The molecule has 1 aliphatic heterocycles. The SMILES string of the molecule is C=CC1(C)CCC(C(C)(C)O[Si](C)(C)C)O1. The van der Waals surface area contributed by atoms with Gasteiger partial charge in [0.25, 0.3) is 0 Å². The molecule has 0 aromatic heterocycles. The van der Waals surface area contributed by atoms with Crippen LogP contribution in [0.25, 0.3) is 0 Å². The zero-order valence-electron chi connectivity index (χ0n) is 11.6. The van der Waals surface area contributed by atoms with Crippen LogP contribution >= 0.6 is 0 Å². The first-order valence-corrected chi connectivity index (χ1v) is 9.50. The highest BCUT2D eigenvalue weighted by Gasteiger charge is 2.43. The van der Waals surface area contributed by atoms with E-state index in [0.29, 0.717) is 0 Å². The first-order valence-electron chi connectivity index (χ1n) is 6.10. The maximum absolute atomic E-state index is 6.23. The van der Waals surface area contributed by atoms with Gasteiger partial charge >= 0.3 is 0 Å². The average molecular weight is 242 g/mol. The highest BCUT2D eigenvalue weighted by atomic mass is 28.4. The van der Waals surface area contributed by atoms with Crippen LogP contribution in [0.5, 0.6) is 0 Å². The molecule has 0 aromatic carbocycles. The van der Waals surface area contributed by atoms with E-state index in [1.54, 1.807) is 0 Å². The van der Waals surface area contributed by atoms with Crippen LogP contribution in [0, 0.1) is 0 Å². The van der Waals surface area contributed by atoms with Crippen molar-refractivity contribution >= 4 is 8.32 Å². The summed E-state index contributed by atoms with van der Waals surface area (Å²) < 4.78 is 12.3. The van der Waals surface area contributed by atoms with E-state index in [-0.39, 0.29) is 17.3 Å². The maximum Gasteiger partial charge on any atom is 0.184 e. The maximum atomic E-state index is 6.23. The molecular weight excluding hydrogens is 216 g/mol. The quantitative estimate of drug-likeness (QED) is 0.552. The fourth-order valence-corrected chi connectivity index (χ4v) is 4.06. The fraction of sp³-hybridized carbons (Fsp3) is 0.846. The largest absolute Gasteiger partial charge is 0.410 e. The van der Waals surface area contributed by atoms with Crippen LogP contribution in [-0.4, -0.2) is 25.6 Å². The predicted molar refractivity (Wildman–Crippen MR) is 71.2 cm³/mol. The first kappa shape index (κ1) is 13.9. The second-order valence-electron chi connectivity index (χ2n) is 6.48. The Kier molecular flexibility index (Phi) is 3.73. The van der Waals surface area contributed by atoms with Gasteiger partial charge in [-0.25, -0.2) is 0 Å². The standard InChI is InChI=1S/C13H26O2Si/c1-8-13(4)10-9-11(14-13)12(2,3)15-16(5,6)7/h8,11H,1,9-10H2,2-7H3. The van der Waals surface area contributed by atoms with Crippen molar-refractivity contribution in [1.29, 1.82) is 0 Å². The Balaban J connectivity index is 2.69. The van der Waals surface area contributed by atoms with Crippen LogP contribution in [0.3, 0.4) is 0 Å². The topological polar surface area (TPSA) is 18.5 Å². The Hall–Kier alpha value is -0.123. The van der Waals surface area contributed by atoms with Gasteiger partial charge in [0.15, 0.2) is 8.32 Å². The van der Waals surface area contributed by atoms with Gasteiger partial charge in [-0.05, 0) is 53.3 Å². The van der Waals surface area contributed by atoms with Crippen LogP contribution in [0.15, 0.2) is 12.7 Å². The zero-order valence-corrected chi connectivity index (χ0v) is 12.6. The Bertz CT molecular complexity index is 268. The van der Waals surface area contributed by atoms with Crippen molar-refractivity contribution in [3.05, 3.63) is 12.7 Å². The number of ether oxygens (including phenoxy) is 1. The molecule has 0 radical (unpaired) electrons. The molecule has 0 bridgehead atoms. The summed E-state index contributed by atoms with van der Waals surface area (Å²) in [6.07, 6.45) is 4.19. The number of hydrogen-bond acceptors (Lipinski definition) is 2. The first-order chi connectivity index (χ1) is 7.08. The molecule has 94 valence electrons. The summed E-state index contributed by atoms with van der Waals surface area (Å²) >= 11 is 0. The van der Waals surface area contributed by atoms with Crippen LogP contribution in [0.4, 0.5) is 0 Å². The summed E-state index contributed by atoms with van der Waals surface area (Å²) in [6, 6.07) is 0. The molecule has 0 saturated carbocycles. The number of rotatable bonds is 4. The summed E-state index contributed by atoms with van der Waals surface area (Å²) in [6.45, 7) is 16.9. The van der Waals surface area contributed by atoms with Crippen molar-refractivity contribution in [1.82, 2.24) is 0 Å². The van der Waals surface area contributed by atoms with Gasteiger partial charge in [-0.2, -0.15) is 0 Å². The molecule has 2 atom stereocenters. The molecule has 1 heterocycles. The molecule has 16 heavy (non-hydrogen) atoms. The molecule has 2 nitrogen and oxygen atoms in total. The molecule has 1 fully saturated rings. The lowest BCUT2D eigenvalue weighted by molar-refractivity contribution is -0.0909. The summed E-state index contributed by atoms with van der Waals surface area (Å²) in [7, 11) is -1.52. The Morgan fingerprint density at radius 1 is 1.44 bits per heavy atom. The molecular formula is C13H26O2Si. The zero-order chi connectivity index (χ0) is 12.6. The summed E-state index contributed by atoms with van der Waals surface area (Å²) in [5.74, 6) is 0. The summed E-state index contributed by atoms with van der Waals surface area (Å²) in [4.78, 5) is 0. The molecule has 3 heteroatoms. The third-order valence-electron chi connectivity index (χ3n) is 3.09. The molecule has 0 N–H and O–H groups in total. The smallest absolute Gasteiger partial charge is 0.184 e. The molecule has 1 aliphatic rings. The minimum Gasteiger partial charge on any atom is -0.410 e. The van der Waals surface area contributed by atoms with Gasteiger partial charge in [0.05, 0.1) is 17.3 Å². The molecule has 0 spiro atoms. The summed E-state index contributed by atoms with van der Waals surface area (Å²) in [5.41, 5.74) is -0.351. The monoisotopic (exact) mass is 242 g/mol. The number of hydrogen-bond donors (Lipinski definition) is 0. The van der Waals surface area contributed by atoms with Crippen molar-refractivity contribution in [2.24, 2.45) is 0 Å². The molecule has 0 aromatic rings. The van der Waals surface area contributed by atoms with Gasteiger partial charge in [-0.15, -0.1) is 6.58 Å². The predicted octanol–water partition coefficient (Wildman–Crippen LogP) is 3.74. The minimum atomic E-state index is -1.52. The molecule has 2 unspecified atom stereocenters. The van der Waals surface area contributed by atoms with Crippen molar-refractivity contribution in [2.45, 2.75) is 70.6 Å². The van der Waals surface area contributed by atoms with Crippen molar-refractivity contribution in [2.75, 3.05) is 0 Å². The second kappa shape index (κ2) is 4.28. The van der Waals surface area contributed by atoms with Gasteiger partial charge in [0, 0.05) is 0 Å². The average Bonchev–Trinajstić information content (AvgIpc) is 2.45. The van der Waals surface area contributed by atoms with E-state index in [2.05, 4.69) is 47.0 Å². The van der Waals surface area contributed by atoms with E-state index in [1.165, 1.54) is 0 Å². The van der Waals surface area contributed by atoms with E-state index in [9.17, 15) is 0 Å². The Morgan fingerprint density at radius 2 is 2.00 bits per heavy atom. The van der Waals surface area contributed by atoms with E-state index in [4.69, 9.17) is 9.16 Å². The van der Waals surface area contributed by atoms with Crippen molar-refractivity contribution in [3.8, 4) is 0 Å². The van der Waals surface area contributed by atoms with Crippen LogP contribution in [0.1, 0.15) is 33.6 Å². The fourth-order valence-electron chi connectivity index (χ4n) is 2.36. The van der Waals surface area contributed by atoms with Gasteiger partial charge in [0.1, 0.15) is 0 Å². The van der Waals surface area contributed by atoms with E-state index < -0.39 is 8.32 Å². The van der Waals surface area contributed by atoms with Crippen molar-refractivity contribution < 1.29 is 9.16 Å². The lowest BCUT2D eigenvalue weighted by atomic mass is 9.97. The molecule has 1 saturated heterocycles. The second-order valence-corrected chi connectivity index (χ2v) is 10.9. The van der Waals surface area contributed by atoms with Gasteiger partial charge < -0.3 is 9.16 Å². The third kappa shape index (κ3) is 3.44. The molecule has 0 aliphatic carbocycles. The van der Waals surface area contributed by atoms with Gasteiger partial charge in [-0.3, -0.25) is 0 Å². The highest BCUT2D eigenvalue weighted by Crippen LogP contribution is 2.38. The van der Waals surface area contributed by atoms with E-state index in [1.807, 2.05) is 6.08 Å². The normalized spacial score (nSPS) is 31.8. The van der Waals surface area contributed by atoms with Crippen molar-refractivity contribution in [3.63, 3.8) is 0 Å². The lowest BCUT2D eigenvalue weighted by Gasteiger charge is -2.38. The van der Waals surface area contributed by atoms with Gasteiger partial charge in [0.2, 0.25) is 0 Å². The highest BCUT2D eigenvalue weighted by molar-refractivity contribution is 6.69. The Labute approximate surface area is 101 Å². The minimum absolute atomic E-state index is 0.162. The van der Waals surface area contributed by atoms with E-state index in [0.717, 1.165) is 12.8 Å². The van der Waals surface area contributed by atoms with E-state index >= 15 is 0 Å². The molecule has 0 amide bonds. The van der Waals surface area contributed by atoms with Crippen LogP contribution in [-0.2, 0) is 9.16 Å². The lowest BCUT2D eigenvalue weighted by Crippen LogP contribution is -2.47. The molecule has 1 rings (SSSR count).